The van der Waals surface area contributed by atoms with Crippen molar-refractivity contribution in [2.75, 3.05) is 25.0 Å². The Morgan fingerprint density at radius 3 is 2.07 bits per heavy atom. The van der Waals surface area contributed by atoms with Crippen LogP contribution in [0.2, 0.25) is 0 Å². The molecule has 0 unspecified atom stereocenters. The topological polar surface area (TPSA) is 92.8 Å². The van der Waals surface area contributed by atoms with Gasteiger partial charge >= 0.3 is 0 Å². The third kappa shape index (κ3) is 6.11. The van der Waals surface area contributed by atoms with E-state index in [-0.39, 0.29) is 18.9 Å². The van der Waals surface area contributed by atoms with Crippen molar-refractivity contribution in [3.63, 3.8) is 0 Å². The Hall–Kier alpha value is -4.59. The minimum Gasteiger partial charge on any atom is -0.342 e. The zero-order chi connectivity index (χ0) is 28.5. The number of carbonyl (C=O) groups is 1. The summed E-state index contributed by atoms with van der Waals surface area (Å²) in [6.07, 6.45) is 6.41. The van der Waals surface area contributed by atoms with Gasteiger partial charge < -0.3 is 11.1 Å². The number of hydroxylamine groups is 2. The van der Waals surface area contributed by atoms with Crippen LogP contribution in [0.25, 0.3) is 6.08 Å². The summed E-state index contributed by atoms with van der Waals surface area (Å²) in [6, 6.07) is 32.7. The summed E-state index contributed by atoms with van der Waals surface area (Å²) >= 11 is 0. The van der Waals surface area contributed by atoms with E-state index in [4.69, 9.17) is 15.6 Å². The SMILES string of the molecule is CCCN(OCCN)C(=O)C1=Cc2ccncc2NC(=NC(c2ccccc2)(c2ccccc2)c2ccccc2)C1. The maximum Gasteiger partial charge on any atom is 0.273 e. The van der Waals surface area contributed by atoms with Crippen LogP contribution in [-0.2, 0) is 15.2 Å². The zero-order valence-corrected chi connectivity index (χ0v) is 23.2. The number of rotatable bonds is 10. The Balaban J connectivity index is 1.71. The molecule has 1 aromatic heterocycles. The molecule has 0 aliphatic carbocycles. The molecule has 0 saturated carbocycles. The number of amidine groups is 1. The number of benzene rings is 3. The number of nitrogens with zero attached hydrogens (tertiary/aromatic N) is 3. The van der Waals surface area contributed by atoms with Crippen LogP contribution < -0.4 is 11.1 Å². The summed E-state index contributed by atoms with van der Waals surface area (Å²) < 4.78 is 0. The molecule has 5 rings (SSSR count). The molecule has 208 valence electrons. The molecule has 0 saturated heterocycles. The summed E-state index contributed by atoms with van der Waals surface area (Å²) in [7, 11) is 0. The highest BCUT2D eigenvalue weighted by Crippen LogP contribution is 2.41. The number of nitrogens with two attached hydrogens (primary N) is 1. The molecule has 0 fully saturated rings. The Kier molecular flexibility index (Phi) is 8.98. The van der Waals surface area contributed by atoms with Gasteiger partial charge in [0.05, 0.1) is 18.5 Å². The molecule has 3 aromatic carbocycles. The lowest BCUT2D eigenvalue weighted by Crippen LogP contribution is -2.36. The van der Waals surface area contributed by atoms with Crippen LogP contribution in [0.15, 0.2) is 120 Å². The molecule has 41 heavy (non-hydrogen) atoms. The van der Waals surface area contributed by atoms with Gasteiger partial charge in [0.15, 0.2) is 0 Å². The first-order valence-electron chi connectivity index (χ1n) is 14.0. The molecule has 4 aromatic rings. The average Bonchev–Trinajstić information content (AvgIpc) is 3.22. The predicted molar refractivity (Wildman–Crippen MR) is 164 cm³/mol. The Labute approximate surface area is 241 Å². The van der Waals surface area contributed by atoms with Gasteiger partial charge in [-0.05, 0) is 35.3 Å². The van der Waals surface area contributed by atoms with E-state index in [1.807, 2.05) is 73.7 Å². The van der Waals surface area contributed by atoms with Crippen molar-refractivity contribution in [1.82, 2.24) is 10.0 Å². The molecule has 3 N–H and O–H groups in total. The zero-order valence-electron chi connectivity index (χ0n) is 23.2. The number of aliphatic imine (C=N–C) groups is 1. The molecule has 2 heterocycles. The van der Waals surface area contributed by atoms with Gasteiger partial charge in [-0.15, -0.1) is 0 Å². The predicted octanol–water partition coefficient (Wildman–Crippen LogP) is 5.80. The summed E-state index contributed by atoms with van der Waals surface area (Å²) in [5, 5.41) is 4.94. The van der Waals surface area contributed by atoms with Crippen LogP contribution in [0.3, 0.4) is 0 Å². The van der Waals surface area contributed by atoms with Crippen molar-refractivity contribution in [1.29, 1.82) is 0 Å². The Morgan fingerprint density at radius 2 is 1.54 bits per heavy atom. The second kappa shape index (κ2) is 13.2. The Morgan fingerprint density at radius 1 is 0.951 bits per heavy atom. The van der Waals surface area contributed by atoms with Crippen molar-refractivity contribution in [2.24, 2.45) is 10.7 Å². The lowest BCUT2D eigenvalue weighted by molar-refractivity contribution is -0.181. The molecular weight excluding hydrogens is 510 g/mol. The average molecular weight is 546 g/mol. The third-order valence-electron chi connectivity index (χ3n) is 6.99. The van der Waals surface area contributed by atoms with Crippen molar-refractivity contribution in [2.45, 2.75) is 25.3 Å². The van der Waals surface area contributed by atoms with Crippen LogP contribution in [0, 0.1) is 0 Å². The van der Waals surface area contributed by atoms with Gasteiger partial charge in [-0.1, -0.05) is 97.9 Å². The lowest BCUT2D eigenvalue weighted by atomic mass is 9.77. The number of fused-ring (bicyclic) bond motifs is 1. The monoisotopic (exact) mass is 545 g/mol. The maximum atomic E-state index is 13.9. The van der Waals surface area contributed by atoms with Gasteiger partial charge in [0.2, 0.25) is 0 Å². The minimum absolute atomic E-state index is 0.204. The molecule has 0 radical (unpaired) electrons. The number of pyridine rings is 1. The number of hydrogen-bond acceptors (Lipinski definition) is 5. The number of anilines is 1. The van der Waals surface area contributed by atoms with Gasteiger partial charge in [-0.3, -0.25) is 19.6 Å². The molecule has 0 bridgehead atoms. The van der Waals surface area contributed by atoms with E-state index in [0.717, 1.165) is 34.4 Å². The van der Waals surface area contributed by atoms with E-state index in [9.17, 15) is 4.79 Å². The molecular formula is C34H35N5O2. The summed E-state index contributed by atoms with van der Waals surface area (Å²) in [5.41, 5.74) is 10.0. The Bertz CT molecular complexity index is 1410. The molecule has 0 spiro atoms. The van der Waals surface area contributed by atoms with Crippen LogP contribution >= 0.6 is 0 Å². The van der Waals surface area contributed by atoms with E-state index < -0.39 is 5.54 Å². The smallest absolute Gasteiger partial charge is 0.273 e. The van der Waals surface area contributed by atoms with E-state index in [1.54, 1.807) is 12.4 Å². The summed E-state index contributed by atoms with van der Waals surface area (Å²) in [5.74, 6) is 0.437. The first-order chi connectivity index (χ1) is 20.2. The van der Waals surface area contributed by atoms with Gasteiger partial charge in [-0.2, -0.15) is 0 Å². The van der Waals surface area contributed by atoms with Gasteiger partial charge in [0, 0.05) is 36.8 Å². The quantitative estimate of drug-likeness (QED) is 0.194. The highest BCUT2D eigenvalue weighted by atomic mass is 16.7. The van der Waals surface area contributed by atoms with Crippen molar-refractivity contribution >= 4 is 23.5 Å². The number of amides is 1. The molecule has 1 aliphatic rings. The molecule has 0 atom stereocenters. The molecule has 1 aliphatic heterocycles. The number of hydrogen-bond donors (Lipinski definition) is 2. The second-order valence-electron chi connectivity index (χ2n) is 9.83. The first kappa shape index (κ1) is 28.0. The van der Waals surface area contributed by atoms with Crippen LogP contribution in [0.5, 0.6) is 0 Å². The van der Waals surface area contributed by atoms with Crippen LogP contribution in [-0.4, -0.2) is 41.5 Å². The van der Waals surface area contributed by atoms with Crippen LogP contribution in [0.4, 0.5) is 5.69 Å². The van der Waals surface area contributed by atoms with E-state index in [2.05, 4.69) is 46.7 Å². The summed E-state index contributed by atoms with van der Waals surface area (Å²) in [4.78, 5) is 29.5. The summed E-state index contributed by atoms with van der Waals surface area (Å²) in [6.45, 7) is 3.05. The van der Waals surface area contributed by atoms with E-state index >= 15 is 0 Å². The molecule has 1 amide bonds. The van der Waals surface area contributed by atoms with Crippen molar-refractivity contribution < 1.29 is 9.63 Å². The van der Waals surface area contributed by atoms with Crippen LogP contribution in [0.1, 0.15) is 42.0 Å². The van der Waals surface area contributed by atoms with Gasteiger partial charge in [-0.25, -0.2) is 5.06 Å². The van der Waals surface area contributed by atoms with Gasteiger partial charge in [0.1, 0.15) is 11.4 Å². The van der Waals surface area contributed by atoms with E-state index in [1.165, 1.54) is 5.06 Å². The van der Waals surface area contributed by atoms with Crippen molar-refractivity contribution in [3.8, 4) is 0 Å². The third-order valence-corrected chi connectivity index (χ3v) is 6.99. The van der Waals surface area contributed by atoms with Gasteiger partial charge in [0.25, 0.3) is 5.91 Å². The highest BCUT2D eigenvalue weighted by molar-refractivity contribution is 6.10. The standard InChI is InChI=1S/C34H35N5O2/c1-2-21-39(41-22-19-35)33(40)27-23-26-18-20-36-25-31(26)37-32(24-27)38-34(28-12-6-3-7-13-28,29-14-8-4-9-15-29)30-16-10-5-11-17-30/h3-18,20,23,25H,2,19,21-22,24,35H2,1H3,(H,37,38). The van der Waals surface area contributed by atoms with E-state index in [0.29, 0.717) is 24.5 Å². The highest BCUT2D eigenvalue weighted by Gasteiger charge is 2.37. The van der Waals surface area contributed by atoms with Crippen molar-refractivity contribution in [3.05, 3.63) is 137 Å². The number of carbonyl (C=O) groups excluding carboxylic acids is 1. The lowest BCUT2D eigenvalue weighted by Gasteiger charge is -2.33. The molecule has 7 nitrogen and oxygen atoms in total. The number of aromatic nitrogens is 1. The number of nitrogens with one attached hydrogen (secondary N) is 1. The molecule has 7 heteroatoms. The fraction of sp³-hybridized carbons (Fsp3) is 0.206. The fourth-order valence-electron chi connectivity index (χ4n) is 5.14. The normalized spacial score (nSPS) is 14.0. The maximum absolute atomic E-state index is 13.9. The second-order valence-corrected chi connectivity index (χ2v) is 9.83. The fourth-order valence-corrected chi connectivity index (χ4v) is 5.14. The largest absolute Gasteiger partial charge is 0.342 e. The minimum atomic E-state index is -0.883. The first-order valence-corrected chi connectivity index (χ1v) is 14.0.